The Morgan fingerprint density at radius 2 is 1.46 bits per heavy atom. The molecule has 0 saturated carbocycles. The van der Waals surface area contributed by atoms with Crippen LogP contribution in [0.2, 0.25) is 0 Å². The molecule has 2 heterocycles. The molecule has 0 spiro atoms. The minimum atomic E-state index is -0.258. The molecular weight excluding hydrogens is 301 g/mol. The predicted octanol–water partition coefficient (Wildman–Crippen LogP) is 4.94. The van der Waals surface area contributed by atoms with Crippen molar-refractivity contribution in [1.29, 1.82) is 0 Å². The fourth-order valence-electron chi connectivity index (χ4n) is 2.55. The number of hydrogen-bond donors (Lipinski definition) is 1. The van der Waals surface area contributed by atoms with Crippen LogP contribution in [-0.4, -0.2) is 15.0 Å². The van der Waals surface area contributed by atoms with Crippen molar-refractivity contribution in [2.75, 3.05) is 0 Å². The van der Waals surface area contributed by atoms with Crippen molar-refractivity contribution in [2.24, 2.45) is 0 Å². The number of hydrogen-bond acceptors (Lipinski definition) is 2. The maximum Gasteiger partial charge on any atom is 0.138 e. The standard InChI is InChI=1S/C20H14FN3/c21-17-9-6-15(7-10-17)20-23-13-19(24-20)16-8-11-18(22-12-16)14-4-2-1-3-5-14/h1-13H,(H,23,24). The number of aromatic amines is 1. The Balaban J connectivity index is 1.62. The lowest BCUT2D eigenvalue weighted by Crippen LogP contribution is -1.85. The summed E-state index contributed by atoms with van der Waals surface area (Å²) in [6.45, 7) is 0. The van der Waals surface area contributed by atoms with E-state index < -0.39 is 0 Å². The van der Waals surface area contributed by atoms with Gasteiger partial charge in [0.25, 0.3) is 0 Å². The molecule has 0 amide bonds. The van der Waals surface area contributed by atoms with Crippen LogP contribution in [0.4, 0.5) is 4.39 Å². The summed E-state index contributed by atoms with van der Waals surface area (Å²) in [7, 11) is 0. The van der Waals surface area contributed by atoms with E-state index in [4.69, 9.17) is 0 Å². The van der Waals surface area contributed by atoms with Gasteiger partial charge in [0.2, 0.25) is 0 Å². The van der Waals surface area contributed by atoms with Gasteiger partial charge in [0.15, 0.2) is 0 Å². The molecule has 4 rings (SSSR count). The van der Waals surface area contributed by atoms with Gasteiger partial charge in [-0.2, -0.15) is 0 Å². The SMILES string of the molecule is Fc1ccc(-c2nc(-c3ccc(-c4ccccc4)nc3)c[nH]2)cc1. The van der Waals surface area contributed by atoms with Crippen molar-refractivity contribution in [3.63, 3.8) is 0 Å². The smallest absolute Gasteiger partial charge is 0.138 e. The second kappa shape index (κ2) is 6.08. The van der Waals surface area contributed by atoms with Crippen molar-refractivity contribution in [3.8, 4) is 33.9 Å². The zero-order chi connectivity index (χ0) is 16.4. The fourth-order valence-corrected chi connectivity index (χ4v) is 2.55. The first-order valence-electron chi connectivity index (χ1n) is 7.63. The van der Waals surface area contributed by atoms with Gasteiger partial charge in [-0.3, -0.25) is 4.98 Å². The number of imidazole rings is 1. The monoisotopic (exact) mass is 315 g/mol. The van der Waals surface area contributed by atoms with Crippen molar-refractivity contribution < 1.29 is 4.39 Å². The highest BCUT2D eigenvalue weighted by Crippen LogP contribution is 2.24. The van der Waals surface area contributed by atoms with Crippen LogP contribution in [0.1, 0.15) is 0 Å². The summed E-state index contributed by atoms with van der Waals surface area (Å²) in [5, 5.41) is 0. The summed E-state index contributed by atoms with van der Waals surface area (Å²) < 4.78 is 13.0. The third-order valence-corrected chi connectivity index (χ3v) is 3.82. The fraction of sp³-hybridized carbons (Fsp3) is 0. The zero-order valence-electron chi connectivity index (χ0n) is 12.8. The van der Waals surface area contributed by atoms with Gasteiger partial charge in [-0.05, 0) is 36.4 Å². The lowest BCUT2D eigenvalue weighted by molar-refractivity contribution is 0.628. The number of pyridine rings is 1. The van der Waals surface area contributed by atoms with E-state index in [2.05, 4.69) is 15.0 Å². The normalized spacial score (nSPS) is 10.7. The minimum Gasteiger partial charge on any atom is -0.344 e. The van der Waals surface area contributed by atoms with Gasteiger partial charge in [0.05, 0.1) is 11.4 Å². The van der Waals surface area contributed by atoms with E-state index >= 15 is 0 Å². The first-order valence-corrected chi connectivity index (χ1v) is 7.63. The van der Waals surface area contributed by atoms with Gasteiger partial charge >= 0.3 is 0 Å². The Hall–Kier alpha value is -3.27. The highest BCUT2D eigenvalue weighted by Gasteiger charge is 2.07. The Kier molecular flexibility index (Phi) is 3.63. The maximum absolute atomic E-state index is 13.0. The van der Waals surface area contributed by atoms with E-state index in [9.17, 15) is 4.39 Å². The van der Waals surface area contributed by atoms with Crippen molar-refractivity contribution >= 4 is 0 Å². The molecular formula is C20H14FN3. The lowest BCUT2D eigenvalue weighted by atomic mass is 10.1. The number of nitrogens with one attached hydrogen (secondary N) is 1. The minimum absolute atomic E-state index is 0.258. The average molecular weight is 315 g/mol. The number of rotatable bonds is 3. The van der Waals surface area contributed by atoms with Crippen LogP contribution in [0.25, 0.3) is 33.9 Å². The van der Waals surface area contributed by atoms with Crippen LogP contribution in [0, 0.1) is 5.82 Å². The first kappa shape index (κ1) is 14.3. The second-order valence-corrected chi connectivity index (χ2v) is 5.44. The van der Waals surface area contributed by atoms with Gasteiger partial charge in [0, 0.05) is 29.1 Å². The molecule has 3 nitrogen and oxygen atoms in total. The number of H-pyrrole nitrogens is 1. The summed E-state index contributed by atoms with van der Waals surface area (Å²) in [5.41, 5.74) is 4.59. The van der Waals surface area contributed by atoms with Crippen molar-refractivity contribution in [1.82, 2.24) is 15.0 Å². The molecule has 0 unspecified atom stereocenters. The van der Waals surface area contributed by atoms with Crippen molar-refractivity contribution in [3.05, 3.63) is 84.9 Å². The lowest BCUT2D eigenvalue weighted by Gasteiger charge is -2.01. The second-order valence-electron chi connectivity index (χ2n) is 5.44. The molecule has 0 saturated heterocycles. The average Bonchev–Trinajstić information content (AvgIpc) is 3.13. The Morgan fingerprint density at radius 1 is 0.708 bits per heavy atom. The number of aromatic nitrogens is 3. The Labute approximate surface area is 138 Å². The molecule has 2 aromatic heterocycles. The van der Waals surface area contributed by atoms with Crippen LogP contribution in [0.5, 0.6) is 0 Å². The molecule has 0 bridgehead atoms. The highest BCUT2D eigenvalue weighted by atomic mass is 19.1. The zero-order valence-corrected chi connectivity index (χ0v) is 12.8. The molecule has 4 heteroatoms. The largest absolute Gasteiger partial charge is 0.344 e. The Morgan fingerprint density at radius 3 is 2.17 bits per heavy atom. The summed E-state index contributed by atoms with van der Waals surface area (Å²) in [4.78, 5) is 12.2. The molecule has 2 aromatic carbocycles. The van der Waals surface area contributed by atoms with Crippen LogP contribution in [0.3, 0.4) is 0 Å². The van der Waals surface area contributed by atoms with E-state index in [0.717, 1.165) is 28.1 Å². The predicted molar refractivity (Wildman–Crippen MR) is 92.6 cm³/mol. The summed E-state index contributed by atoms with van der Waals surface area (Å²) in [6, 6.07) is 20.3. The van der Waals surface area contributed by atoms with Gasteiger partial charge in [-0.1, -0.05) is 30.3 Å². The molecule has 24 heavy (non-hydrogen) atoms. The summed E-state index contributed by atoms with van der Waals surface area (Å²) in [6.07, 6.45) is 3.64. The third-order valence-electron chi connectivity index (χ3n) is 3.82. The van der Waals surface area contributed by atoms with E-state index in [1.807, 2.05) is 54.9 Å². The molecule has 0 radical (unpaired) electrons. The van der Waals surface area contributed by atoms with E-state index in [1.165, 1.54) is 12.1 Å². The molecule has 0 atom stereocenters. The third kappa shape index (κ3) is 2.82. The van der Waals surface area contributed by atoms with Crippen molar-refractivity contribution in [2.45, 2.75) is 0 Å². The van der Waals surface area contributed by atoms with E-state index in [0.29, 0.717) is 5.82 Å². The molecule has 0 aliphatic rings. The van der Waals surface area contributed by atoms with E-state index in [1.54, 1.807) is 12.1 Å². The van der Waals surface area contributed by atoms with Crippen LogP contribution in [0.15, 0.2) is 79.1 Å². The number of nitrogens with zero attached hydrogens (tertiary/aromatic N) is 2. The highest BCUT2D eigenvalue weighted by molar-refractivity contribution is 5.66. The first-order chi connectivity index (χ1) is 11.8. The van der Waals surface area contributed by atoms with Gasteiger partial charge in [-0.25, -0.2) is 9.37 Å². The topological polar surface area (TPSA) is 41.6 Å². The summed E-state index contributed by atoms with van der Waals surface area (Å²) in [5.74, 6) is 0.448. The van der Waals surface area contributed by atoms with Gasteiger partial charge in [-0.15, -0.1) is 0 Å². The maximum atomic E-state index is 13.0. The molecule has 1 N–H and O–H groups in total. The Bertz CT molecular complexity index is 942. The molecule has 116 valence electrons. The van der Waals surface area contributed by atoms with Crippen LogP contribution >= 0.6 is 0 Å². The summed E-state index contributed by atoms with van der Waals surface area (Å²) >= 11 is 0. The molecule has 0 aliphatic heterocycles. The van der Waals surface area contributed by atoms with Gasteiger partial charge < -0.3 is 4.98 Å². The quantitative estimate of drug-likeness (QED) is 0.581. The van der Waals surface area contributed by atoms with Crippen LogP contribution in [-0.2, 0) is 0 Å². The van der Waals surface area contributed by atoms with Crippen LogP contribution < -0.4 is 0 Å². The molecule has 0 fully saturated rings. The molecule has 0 aliphatic carbocycles. The number of benzene rings is 2. The van der Waals surface area contributed by atoms with Gasteiger partial charge in [0.1, 0.15) is 11.6 Å². The van der Waals surface area contributed by atoms with E-state index in [-0.39, 0.29) is 5.82 Å². The molecule has 4 aromatic rings. The number of halogens is 1.